The van der Waals surface area contributed by atoms with Crippen molar-refractivity contribution in [3.8, 4) is 0 Å². The smallest absolute Gasteiger partial charge is 0.193 e. The summed E-state index contributed by atoms with van der Waals surface area (Å²) in [7, 11) is 0. The molecule has 0 amide bonds. The molecule has 0 bridgehead atoms. The minimum atomic E-state index is 0. The number of nitrogens with zero attached hydrogens (tertiary/aromatic N) is 3. The van der Waals surface area contributed by atoms with Crippen molar-refractivity contribution in [1.82, 2.24) is 9.78 Å². The van der Waals surface area contributed by atoms with Crippen LogP contribution in [0.4, 0.5) is 5.69 Å². The highest BCUT2D eigenvalue weighted by atomic mass is 127. The number of hydrogen-bond donors (Lipinski definition) is 2. The first-order chi connectivity index (χ1) is 11.9. The molecule has 1 aromatic carbocycles. The molecule has 0 fully saturated rings. The lowest BCUT2D eigenvalue weighted by molar-refractivity contribution is 0.450. The van der Waals surface area contributed by atoms with Crippen molar-refractivity contribution < 1.29 is 0 Å². The number of halogens is 1. The molecule has 1 aromatic heterocycles. The fraction of sp³-hybridized carbons (Fsp3) is 0.500. The van der Waals surface area contributed by atoms with E-state index < -0.39 is 0 Å². The lowest BCUT2D eigenvalue weighted by atomic mass is 10.0. The van der Waals surface area contributed by atoms with Crippen LogP contribution in [0.5, 0.6) is 0 Å². The molecule has 0 radical (unpaired) electrons. The zero-order valence-corrected chi connectivity index (χ0v) is 18.9. The third-order valence-corrected chi connectivity index (χ3v) is 4.41. The minimum absolute atomic E-state index is 0. The van der Waals surface area contributed by atoms with Crippen LogP contribution in [0.1, 0.15) is 43.3 Å². The summed E-state index contributed by atoms with van der Waals surface area (Å²) in [5, 5.41) is 7.83. The summed E-state index contributed by atoms with van der Waals surface area (Å²) >= 11 is 0. The molecule has 0 aliphatic carbocycles. The van der Waals surface area contributed by atoms with E-state index in [-0.39, 0.29) is 24.0 Å². The normalized spacial score (nSPS) is 12.6. The van der Waals surface area contributed by atoms with Gasteiger partial charge in [-0.05, 0) is 49.8 Å². The summed E-state index contributed by atoms with van der Waals surface area (Å²) in [5.41, 5.74) is 12.0. The second-order valence-corrected chi connectivity index (χ2v) is 6.72. The van der Waals surface area contributed by atoms with Crippen LogP contribution in [0.15, 0.2) is 29.3 Å². The van der Waals surface area contributed by atoms with E-state index in [4.69, 9.17) is 5.73 Å². The molecule has 0 aliphatic heterocycles. The predicted molar refractivity (Wildman–Crippen MR) is 122 cm³/mol. The molecule has 0 spiro atoms. The largest absolute Gasteiger partial charge is 0.370 e. The first-order valence-corrected chi connectivity index (χ1v) is 9.13. The van der Waals surface area contributed by atoms with Crippen LogP contribution < -0.4 is 11.1 Å². The van der Waals surface area contributed by atoms with Crippen LogP contribution in [0.2, 0.25) is 0 Å². The van der Waals surface area contributed by atoms with E-state index in [1.807, 2.05) is 11.6 Å². The fourth-order valence-electron chi connectivity index (χ4n) is 3.04. The highest BCUT2D eigenvalue weighted by Crippen LogP contribution is 2.22. The third-order valence-electron chi connectivity index (χ3n) is 4.41. The summed E-state index contributed by atoms with van der Waals surface area (Å²) in [6, 6.07) is 8.48. The zero-order chi connectivity index (χ0) is 18.4. The molecular formula is C20H32IN5. The molecule has 2 aromatic rings. The van der Waals surface area contributed by atoms with Crippen molar-refractivity contribution in [1.29, 1.82) is 0 Å². The van der Waals surface area contributed by atoms with Crippen LogP contribution >= 0.6 is 24.0 Å². The Hall–Kier alpha value is -1.57. The maximum Gasteiger partial charge on any atom is 0.193 e. The number of para-hydroxylation sites is 1. The van der Waals surface area contributed by atoms with Crippen LogP contribution in [-0.4, -0.2) is 22.3 Å². The molecule has 1 heterocycles. The molecule has 144 valence electrons. The van der Waals surface area contributed by atoms with Crippen molar-refractivity contribution in [2.75, 3.05) is 11.9 Å². The molecule has 0 saturated carbocycles. The Kier molecular flexibility index (Phi) is 9.12. The number of guanidine groups is 1. The standard InChI is InChI=1S/C20H31N5.HI/c1-6-17-9-8-10-18(7-2)19(17)23-20(21)22-12-14(3)13-25-16(5)11-15(4)24-25;/h8-11,14H,6-7,12-13H2,1-5H3,(H3,21,22,23);1H. The maximum absolute atomic E-state index is 6.15. The van der Waals surface area contributed by atoms with E-state index in [0.717, 1.165) is 30.8 Å². The van der Waals surface area contributed by atoms with E-state index in [1.54, 1.807) is 0 Å². The lowest BCUT2D eigenvalue weighted by Gasteiger charge is -2.16. The minimum Gasteiger partial charge on any atom is -0.370 e. The molecule has 1 unspecified atom stereocenters. The van der Waals surface area contributed by atoms with Crippen LogP contribution in [0.25, 0.3) is 0 Å². The van der Waals surface area contributed by atoms with Crippen molar-refractivity contribution in [2.24, 2.45) is 16.6 Å². The Morgan fingerprint density at radius 2 is 1.85 bits per heavy atom. The number of aliphatic imine (C=N–C) groups is 1. The summed E-state index contributed by atoms with van der Waals surface area (Å²) < 4.78 is 2.04. The molecular weight excluding hydrogens is 437 g/mol. The SMILES string of the molecule is CCc1cccc(CC)c1NC(N)=NCC(C)Cn1nc(C)cc1C.I. The average Bonchev–Trinajstić information content (AvgIpc) is 2.90. The third kappa shape index (κ3) is 6.00. The maximum atomic E-state index is 6.15. The Labute approximate surface area is 174 Å². The monoisotopic (exact) mass is 469 g/mol. The highest BCUT2D eigenvalue weighted by molar-refractivity contribution is 14.0. The number of hydrogen-bond acceptors (Lipinski definition) is 2. The van der Waals surface area contributed by atoms with Gasteiger partial charge in [-0.15, -0.1) is 24.0 Å². The second-order valence-electron chi connectivity index (χ2n) is 6.72. The van der Waals surface area contributed by atoms with Gasteiger partial charge in [0.25, 0.3) is 0 Å². The molecule has 6 heteroatoms. The van der Waals surface area contributed by atoms with E-state index in [2.05, 4.69) is 67.4 Å². The average molecular weight is 469 g/mol. The summed E-state index contributed by atoms with van der Waals surface area (Å²) in [5.74, 6) is 0.848. The van der Waals surface area contributed by atoms with E-state index in [9.17, 15) is 0 Å². The van der Waals surface area contributed by atoms with E-state index in [1.165, 1.54) is 16.8 Å². The van der Waals surface area contributed by atoms with E-state index >= 15 is 0 Å². The van der Waals surface area contributed by atoms with Gasteiger partial charge in [0.2, 0.25) is 0 Å². The Morgan fingerprint density at radius 3 is 2.35 bits per heavy atom. The van der Waals surface area contributed by atoms with Gasteiger partial charge >= 0.3 is 0 Å². The Morgan fingerprint density at radius 1 is 1.23 bits per heavy atom. The van der Waals surface area contributed by atoms with Gasteiger partial charge < -0.3 is 11.1 Å². The predicted octanol–water partition coefficient (Wildman–Crippen LogP) is 4.31. The molecule has 0 saturated heterocycles. The van der Waals surface area contributed by atoms with Gasteiger partial charge in [-0.25, -0.2) is 0 Å². The number of nitrogens with one attached hydrogen (secondary N) is 1. The first kappa shape index (κ1) is 22.5. The van der Waals surface area contributed by atoms with Gasteiger partial charge in [0, 0.05) is 24.5 Å². The number of nitrogens with two attached hydrogens (primary N) is 1. The van der Waals surface area contributed by atoms with Crippen LogP contribution in [-0.2, 0) is 19.4 Å². The summed E-state index contributed by atoms with van der Waals surface area (Å²) in [4.78, 5) is 4.55. The van der Waals surface area contributed by atoms with Gasteiger partial charge in [-0.3, -0.25) is 9.67 Å². The van der Waals surface area contributed by atoms with Crippen molar-refractivity contribution >= 4 is 35.6 Å². The Balaban J connectivity index is 0.00000338. The molecule has 5 nitrogen and oxygen atoms in total. The number of benzene rings is 1. The van der Waals surface area contributed by atoms with Crippen LogP contribution in [0, 0.1) is 19.8 Å². The van der Waals surface area contributed by atoms with Crippen molar-refractivity contribution in [2.45, 2.75) is 54.0 Å². The lowest BCUT2D eigenvalue weighted by Crippen LogP contribution is -2.25. The number of rotatable bonds is 7. The second kappa shape index (κ2) is 10.5. The quantitative estimate of drug-likeness (QED) is 0.361. The van der Waals surface area contributed by atoms with Gasteiger partial charge in [-0.1, -0.05) is 39.0 Å². The van der Waals surface area contributed by atoms with Gasteiger partial charge in [0.05, 0.1) is 5.69 Å². The van der Waals surface area contributed by atoms with Gasteiger partial charge in [-0.2, -0.15) is 5.10 Å². The number of anilines is 1. The highest BCUT2D eigenvalue weighted by Gasteiger charge is 2.09. The molecule has 0 aliphatic rings. The number of aryl methyl sites for hydroxylation is 4. The molecule has 2 rings (SSSR count). The number of aromatic nitrogens is 2. The topological polar surface area (TPSA) is 68.2 Å². The molecule has 1 atom stereocenters. The summed E-state index contributed by atoms with van der Waals surface area (Å²) in [6.45, 7) is 12.1. The van der Waals surface area contributed by atoms with Gasteiger partial charge in [0.1, 0.15) is 0 Å². The fourth-order valence-corrected chi connectivity index (χ4v) is 3.04. The van der Waals surface area contributed by atoms with E-state index in [0.29, 0.717) is 18.4 Å². The summed E-state index contributed by atoms with van der Waals surface area (Å²) in [6.07, 6.45) is 1.94. The molecule has 26 heavy (non-hydrogen) atoms. The van der Waals surface area contributed by atoms with Crippen molar-refractivity contribution in [3.63, 3.8) is 0 Å². The molecule has 3 N–H and O–H groups in total. The Bertz CT molecular complexity index is 714. The van der Waals surface area contributed by atoms with Crippen LogP contribution in [0.3, 0.4) is 0 Å². The first-order valence-electron chi connectivity index (χ1n) is 9.13. The van der Waals surface area contributed by atoms with Gasteiger partial charge in [0.15, 0.2) is 5.96 Å². The zero-order valence-electron chi connectivity index (χ0n) is 16.5. The van der Waals surface area contributed by atoms with Crippen molar-refractivity contribution in [3.05, 3.63) is 46.8 Å².